The fourth-order valence-corrected chi connectivity index (χ4v) is 3.98. The first-order valence-corrected chi connectivity index (χ1v) is 7.95. The van der Waals surface area contributed by atoms with E-state index in [0.717, 1.165) is 6.42 Å². The summed E-state index contributed by atoms with van der Waals surface area (Å²) in [7, 11) is 0. The molecule has 0 bridgehead atoms. The maximum atomic E-state index is 12.4. The second kappa shape index (κ2) is 4.90. The number of hydrogen-bond donors (Lipinski definition) is 2. The average molecular weight is 333 g/mol. The van der Waals surface area contributed by atoms with E-state index in [1.54, 1.807) is 12.1 Å². The van der Waals surface area contributed by atoms with E-state index in [1.165, 1.54) is 11.1 Å². The molecule has 3 atom stereocenters. The second-order valence-corrected chi connectivity index (χ2v) is 6.70. The molecule has 3 nitrogen and oxygen atoms in total. The van der Waals surface area contributed by atoms with Crippen LogP contribution in [0.4, 0.5) is 5.69 Å². The molecule has 22 heavy (non-hydrogen) atoms. The number of nitrogen functional groups attached to an aromatic ring is 1. The van der Waals surface area contributed by atoms with E-state index >= 15 is 0 Å². The molecule has 4 rings (SSSR count). The molecule has 0 saturated heterocycles. The zero-order chi connectivity index (χ0) is 15.4. The predicted molar refractivity (Wildman–Crippen MR) is 88.5 cm³/mol. The molecule has 5 heteroatoms. The average Bonchev–Trinajstić information content (AvgIpc) is 3.02. The van der Waals surface area contributed by atoms with Crippen molar-refractivity contribution in [2.75, 3.05) is 5.73 Å². The number of nitrogens with two attached hydrogens (primary N) is 1. The number of anilines is 1. The minimum Gasteiger partial charge on any atom is -0.396 e. The number of carbonyl (C=O) groups excluding carboxylic acids is 1. The Morgan fingerprint density at radius 2 is 1.95 bits per heavy atom. The third-order valence-corrected chi connectivity index (χ3v) is 5.44. The molecule has 0 spiro atoms. The molecular formula is C17H14Cl2N2O. The molecule has 2 aliphatic carbocycles. The van der Waals surface area contributed by atoms with Crippen LogP contribution in [0.2, 0.25) is 10.0 Å². The van der Waals surface area contributed by atoms with Gasteiger partial charge >= 0.3 is 0 Å². The highest BCUT2D eigenvalue weighted by molar-refractivity contribution is 6.40. The first-order chi connectivity index (χ1) is 10.6. The quantitative estimate of drug-likeness (QED) is 0.825. The van der Waals surface area contributed by atoms with Crippen LogP contribution in [-0.4, -0.2) is 11.9 Å². The van der Waals surface area contributed by atoms with E-state index in [2.05, 4.69) is 29.6 Å². The Morgan fingerprint density at radius 1 is 1.18 bits per heavy atom. The van der Waals surface area contributed by atoms with Gasteiger partial charge in [-0.3, -0.25) is 4.79 Å². The molecule has 112 valence electrons. The van der Waals surface area contributed by atoms with Gasteiger partial charge in [-0.1, -0.05) is 47.5 Å². The van der Waals surface area contributed by atoms with Crippen LogP contribution in [0.15, 0.2) is 36.4 Å². The molecule has 2 aromatic carbocycles. The fraction of sp³-hybridized carbons (Fsp3) is 0.235. The molecule has 0 radical (unpaired) electrons. The fourth-order valence-electron chi connectivity index (χ4n) is 3.52. The van der Waals surface area contributed by atoms with Crippen LogP contribution in [-0.2, 0) is 6.42 Å². The van der Waals surface area contributed by atoms with Crippen molar-refractivity contribution in [2.24, 2.45) is 5.92 Å². The van der Waals surface area contributed by atoms with E-state index in [1.807, 2.05) is 0 Å². The topological polar surface area (TPSA) is 55.1 Å². The highest BCUT2D eigenvalue weighted by Crippen LogP contribution is 2.56. The van der Waals surface area contributed by atoms with Crippen molar-refractivity contribution in [3.63, 3.8) is 0 Å². The van der Waals surface area contributed by atoms with Gasteiger partial charge in [-0.15, -0.1) is 0 Å². The summed E-state index contributed by atoms with van der Waals surface area (Å²) in [6.07, 6.45) is 1.03. The normalized spacial score (nSPS) is 24.5. The minimum atomic E-state index is -0.190. The van der Waals surface area contributed by atoms with Crippen LogP contribution in [0, 0.1) is 5.92 Å². The first kappa shape index (κ1) is 13.9. The molecule has 1 saturated carbocycles. The monoisotopic (exact) mass is 332 g/mol. The first-order valence-electron chi connectivity index (χ1n) is 7.20. The Hall–Kier alpha value is -1.71. The number of fused-ring (bicyclic) bond motifs is 3. The van der Waals surface area contributed by atoms with Gasteiger partial charge in [0.05, 0.1) is 21.3 Å². The summed E-state index contributed by atoms with van der Waals surface area (Å²) in [6, 6.07) is 11.8. The molecular weight excluding hydrogens is 319 g/mol. The predicted octanol–water partition coefficient (Wildman–Crippen LogP) is 3.64. The molecule has 0 unspecified atom stereocenters. The van der Waals surface area contributed by atoms with Crippen LogP contribution >= 0.6 is 23.2 Å². The SMILES string of the molecule is Nc1c(Cl)ccc(C(=O)N[C@@H]2[C@H]3Cc4ccccc4[C@H]32)c1Cl. The number of halogens is 2. The van der Waals surface area contributed by atoms with Gasteiger partial charge < -0.3 is 11.1 Å². The standard InChI is InChI=1S/C17H14Cl2N2O/c18-12-6-5-10(14(19)15(12)20)17(22)21-16-11-7-8-3-1-2-4-9(8)13(11)16/h1-6,11,13,16H,7,20H2,(H,21,22)/t11-,13+,16+/m0/s1. The Bertz CT molecular complexity index is 790. The molecule has 0 heterocycles. The Balaban J connectivity index is 1.53. The van der Waals surface area contributed by atoms with Gasteiger partial charge in [0.1, 0.15) is 0 Å². The summed E-state index contributed by atoms with van der Waals surface area (Å²) in [5, 5.41) is 3.66. The van der Waals surface area contributed by atoms with Crippen LogP contribution in [0.1, 0.15) is 27.4 Å². The van der Waals surface area contributed by atoms with Gasteiger partial charge in [0.2, 0.25) is 0 Å². The lowest BCUT2D eigenvalue weighted by Gasteiger charge is -2.11. The van der Waals surface area contributed by atoms with Crippen molar-refractivity contribution in [1.29, 1.82) is 0 Å². The maximum Gasteiger partial charge on any atom is 0.253 e. The van der Waals surface area contributed by atoms with E-state index in [0.29, 0.717) is 22.4 Å². The maximum absolute atomic E-state index is 12.4. The lowest BCUT2D eigenvalue weighted by Crippen LogP contribution is -2.29. The lowest BCUT2D eigenvalue weighted by atomic mass is 10.0. The van der Waals surface area contributed by atoms with E-state index in [9.17, 15) is 4.79 Å². The highest BCUT2D eigenvalue weighted by atomic mass is 35.5. The smallest absolute Gasteiger partial charge is 0.253 e. The molecule has 1 fully saturated rings. The van der Waals surface area contributed by atoms with Crippen molar-refractivity contribution in [2.45, 2.75) is 18.4 Å². The molecule has 0 aliphatic heterocycles. The van der Waals surface area contributed by atoms with Crippen molar-refractivity contribution in [3.8, 4) is 0 Å². The number of carbonyl (C=O) groups is 1. The molecule has 2 aliphatic rings. The van der Waals surface area contributed by atoms with E-state index in [4.69, 9.17) is 28.9 Å². The molecule has 2 aromatic rings. The Morgan fingerprint density at radius 3 is 2.77 bits per heavy atom. The minimum absolute atomic E-state index is 0.190. The molecule has 0 aromatic heterocycles. The van der Waals surface area contributed by atoms with E-state index < -0.39 is 0 Å². The van der Waals surface area contributed by atoms with Crippen molar-refractivity contribution in [1.82, 2.24) is 5.32 Å². The highest BCUT2D eigenvalue weighted by Gasteiger charge is 2.56. The second-order valence-electron chi connectivity index (χ2n) is 5.91. The van der Waals surface area contributed by atoms with Crippen molar-refractivity contribution in [3.05, 3.63) is 63.1 Å². The number of nitrogens with one attached hydrogen (secondary N) is 1. The van der Waals surface area contributed by atoms with Crippen LogP contribution in [0.3, 0.4) is 0 Å². The van der Waals surface area contributed by atoms with Gasteiger partial charge in [-0.25, -0.2) is 0 Å². The number of amides is 1. The number of benzene rings is 2. The zero-order valence-electron chi connectivity index (χ0n) is 11.6. The van der Waals surface area contributed by atoms with Crippen LogP contribution in [0.5, 0.6) is 0 Å². The van der Waals surface area contributed by atoms with Crippen molar-refractivity contribution < 1.29 is 4.79 Å². The summed E-state index contributed by atoms with van der Waals surface area (Å²) < 4.78 is 0. The Kier molecular flexibility index (Phi) is 3.10. The summed E-state index contributed by atoms with van der Waals surface area (Å²) >= 11 is 12.0. The van der Waals surface area contributed by atoms with Crippen LogP contribution in [0.25, 0.3) is 0 Å². The van der Waals surface area contributed by atoms with E-state index in [-0.39, 0.29) is 22.7 Å². The third-order valence-electron chi connectivity index (χ3n) is 4.71. The summed E-state index contributed by atoms with van der Waals surface area (Å²) in [5.74, 6) is 0.749. The van der Waals surface area contributed by atoms with Crippen molar-refractivity contribution >= 4 is 34.8 Å². The third kappa shape index (κ3) is 2.00. The van der Waals surface area contributed by atoms with Gasteiger partial charge in [0, 0.05) is 12.0 Å². The molecule has 3 N–H and O–H groups in total. The Labute approximate surface area is 138 Å². The van der Waals surface area contributed by atoms with Gasteiger partial charge in [0.25, 0.3) is 5.91 Å². The summed E-state index contributed by atoms with van der Waals surface area (Å²) in [4.78, 5) is 12.4. The summed E-state index contributed by atoms with van der Waals surface area (Å²) in [5.41, 5.74) is 9.16. The van der Waals surface area contributed by atoms with Gasteiger partial charge in [-0.05, 0) is 35.6 Å². The van der Waals surface area contributed by atoms with Gasteiger partial charge in [0.15, 0.2) is 0 Å². The summed E-state index contributed by atoms with van der Waals surface area (Å²) in [6.45, 7) is 0. The van der Waals surface area contributed by atoms with Gasteiger partial charge in [-0.2, -0.15) is 0 Å². The zero-order valence-corrected chi connectivity index (χ0v) is 13.2. The molecule has 1 amide bonds. The number of hydrogen-bond acceptors (Lipinski definition) is 2. The largest absolute Gasteiger partial charge is 0.396 e. The van der Waals surface area contributed by atoms with Crippen LogP contribution < -0.4 is 11.1 Å². The number of rotatable bonds is 2. The lowest BCUT2D eigenvalue weighted by molar-refractivity contribution is 0.0948.